The molecule has 25 heavy (non-hydrogen) atoms. The fourth-order valence-electron chi connectivity index (χ4n) is 2.30. The van der Waals surface area contributed by atoms with Crippen LogP contribution in [0.4, 0.5) is 0 Å². The third-order valence-corrected chi connectivity index (χ3v) is 3.65. The van der Waals surface area contributed by atoms with Crippen molar-refractivity contribution in [2.24, 2.45) is 0 Å². The van der Waals surface area contributed by atoms with Crippen molar-refractivity contribution < 1.29 is 9.53 Å². The summed E-state index contributed by atoms with van der Waals surface area (Å²) in [5.41, 5.74) is 1.73. The molecular formula is C18H19N5O2. The average Bonchev–Trinajstić information content (AvgIpc) is 3.12. The van der Waals surface area contributed by atoms with E-state index in [4.69, 9.17) is 4.74 Å². The van der Waals surface area contributed by atoms with Gasteiger partial charge in [-0.05, 0) is 18.6 Å². The van der Waals surface area contributed by atoms with Crippen molar-refractivity contribution in [3.63, 3.8) is 0 Å². The molecule has 0 unspecified atom stereocenters. The Morgan fingerprint density at radius 2 is 2.08 bits per heavy atom. The van der Waals surface area contributed by atoms with Gasteiger partial charge in [0.25, 0.3) is 5.91 Å². The molecule has 0 atom stereocenters. The molecule has 128 valence electrons. The van der Waals surface area contributed by atoms with Crippen LogP contribution in [0.15, 0.2) is 54.9 Å². The monoisotopic (exact) mass is 337 g/mol. The first kappa shape index (κ1) is 16.6. The van der Waals surface area contributed by atoms with E-state index in [1.807, 2.05) is 49.4 Å². The number of carbonyl (C=O) groups excluding carboxylic acids is 1. The Balaban J connectivity index is 1.53. The minimum atomic E-state index is -0.0918. The third kappa shape index (κ3) is 4.41. The topological polar surface area (TPSA) is 72.6 Å². The minimum absolute atomic E-state index is 0.0619. The molecule has 3 rings (SSSR count). The largest absolute Gasteiger partial charge is 0.467 e. The molecule has 0 saturated heterocycles. The number of carbonyl (C=O) groups is 1. The Hall–Kier alpha value is -3.22. The van der Waals surface area contributed by atoms with E-state index in [1.54, 1.807) is 17.0 Å². The molecule has 1 amide bonds. The van der Waals surface area contributed by atoms with Gasteiger partial charge in [0.15, 0.2) is 12.3 Å². The number of ether oxygens (including phenoxy) is 1. The number of likely N-dealkylation sites (N-methyl/N-ethyl adjacent to an activating group) is 1. The van der Waals surface area contributed by atoms with Gasteiger partial charge in [0, 0.05) is 19.2 Å². The molecule has 0 aliphatic carbocycles. The molecule has 0 saturated carbocycles. The van der Waals surface area contributed by atoms with Crippen molar-refractivity contribution in [2.75, 3.05) is 19.7 Å². The second-order valence-electron chi connectivity index (χ2n) is 5.34. The number of fused-ring (bicyclic) bond motifs is 1. The molecule has 7 heteroatoms. The molecule has 2 aromatic heterocycles. The molecule has 0 aliphatic heterocycles. The summed E-state index contributed by atoms with van der Waals surface area (Å²) in [7, 11) is 0. The van der Waals surface area contributed by atoms with Crippen molar-refractivity contribution in [1.82, 2.24) is 24.7 Å². The lowest BCUT2D eigenvalue weighted by Crippen LogP contribution is -2.35. The second kappa shape index (κ2) is 8.05. The smallest absolute Gasteiger partial charge is 0.260 e. The highest BCUT2D eigenvalue weighted by Gasteiger charge is 2.11. The number of hydrogen-bond acceptors (Lipinski definition) is 5. The van der Waals surface area contributed by atoms with Crippen molar-refractivity contribution in [1.29, 1.82) is 0 Å². The van der Waals surface area contributed by atoms with Crippen LogP contribution in [0.5, 0.6) is 5.88 Å². The first-order chi connectivity index (χ1) is 12.3. The molecule has 0 N–H and O–H groups in total. The second-order valence-corrected chi connectivity index (χ2v) is 5.34. The summed E-state index contributed by atoms with van der Waals surface area (Å²) in [4.78, 5) is 14.0. The number of amides is 1. The molecule has 2 heterocycles. The van der Waals surface area contributed by atoms with Crippen LogP contribution >= 0.6 is 0 Å². The summed E-state index contributed by atoms with van der Waals surface area (Å²) < 4.78 is 6.99. The lowest BCUT2D eigenvalue weighted by atomic mass is 10.2. The zero-order valence-corrected chi connectivity index (χ0v) is 13.9. The maximum absolute atomic E-state index is 12.3. The Morgan fingerprint density at radius 3 is 2.88 bits per heavy atom. The van der Waals surface area contributed by atoms with E-state index in [0.29, 0.717) is 24.6 Å². The molecule has 7 nitrogen and oxygen atoms in total. The highest BCUT2D eigenvalue weighted by atomic mass is 16.5. The van der Waals surface area contributed by atoms with E-state index < -0.39 is 0 Å². The van der Waals surface area contributed by atoms with Gasteiger partial charge in [-0.25, -0.2) is 0 Å². The van der Waals surface area contributed by atoms with Gasteiger partial charge in [-0.2, -0.15) is 4.52 Å². The fourth-order valence-corrected chi connectivity index (χ4v) is 2.30. The lowest BCUT2D eigenvalue weighted by Gasteiger charge is -2.19. The third-order valence-electron chi connectivity index (χ3n) is 3.65. The predicted octanol–water partition coefficient (Wildman–Crippen LogP) is 2.06. The minimum Gasteiger partial charge on any atom is -0.467 e. The zero-order valence-electron chi connectivity index (χ0n) is 13.9. The number of benzene rings is 1. The molecule has 0 radical (unpaired) electrons. The van der Waals surface area contributed by atoms with E-state index in [2.05, 4.69) is 15.3 Å². The first-order valence-electron chi connectivity index (χ1n) is 8.05. The highest BCUT2D eigenvalue weighted by molar-refractivity contribution is 5.78. The van der Waals surface area contributed by atoms with E-state index in [0.717, 1.165) is 5.56 Å². The average molecular weight is 337 g/mol. The number of hydrogen-bond donors (Lipinski definition) is 0. The first-order valence-corrected chi connectivity index (χ1v) is 8.05. The Bertz CT molecular complexity index is 860. The van der Waals surface area contributed by atoms with Gasteiger partial charge >= 0.3 is 0 Å². The SMILES string of the molecule is CCN(CC=Cc1ccccc1)C(=O)COc1ccc2nncn2n1. The van der Waals surface area contributed by atoms with E-state index in [-0.39, 0.29) is 12.5 Å². The van der Waals surface area contributed by atoms with Crippen LogP contribution < -0.4 is 4.74 Å². The Labute approximate surface area is 145 Å². The van der Waals surface area contributed by atoms with Crippen molar-refractivity contribution in [3.05, 3.63) is 60.4 Å². The summed E-state index contributed by atoms with van der Waals surface area (Å²) in [5, 5.41) is 11.8. The van der Waals surface area contributed by atoms with Crippen LogP contribution in [0.3, 0.4) is 0 Å². The Morgan fingerprint density at radius 1 is 1.24 bits per heavy atom. The van der Waals surface area contributed by atoms with Crippen molar-refractivity contribution in [2.45, 2.75) is 6.92 Å². The van der Waals surface area contributed by atoms with Crippen LogP contribution in [-0.4, -0.2) is 50.3 Å². The van der Waals surface area contributed by atoms with Crippen LogP contribution in [-0.2, 0) is 4.79 Å². The van der Waals surface area contributed by atoms with Crippen LogP contribution in [0.1, 0.15) is 12.5 Å². The van der Waals surface area contributed by atoms with Crippen molar-refractivity contribution in [3.8, 4) is 5.88 Å². The van der Waals surface area contributed by atoms with Gasteiger partial charge in [-0.3, -0.25) is 4.79 Å². The molecule has 0 fully saturated rings. The molecular weight excluding hydrogens is 318 g/mol. The zero-order chi connectivity index (χ0) is 17.5. The van der Waals surface area contributed by atoms with E-state index >= 15 is 0 Å². The van der Waals surface area contributed by atoms with Gasteiger partial charge in [0.1, 0.15) is 6.33 Å². The number of rotatable bonds is 7. The summed E-state index contributed by atoms with van der Waals surface area (Å²) in [5.74, 6) is 0.266. The normalized spacial score (nSPS) is 11.1. The summed E-state index contributed by atoms with van der Waals surface area (Å²) in [6.07, 6.45) is 5.45. The molecule has 0 bridgehead atoms. The van der Waals surface area contributed by atoms with Gasteiger partial charge in [0.2, 0.25) is 5.88 Å². The van der Waals surface area contributed by atoms with Crippen LogP contribution in [0.2, 0.25) is 0 Å². The number of aromatic nitrogens is 4. The highest BCUT2D eigenvalue weighted by Crippen LogP contribution is 2.07. The molecule has 0 spiro atoms. The molecule has 1 aromatic carbocycles. The van der Waals surface area contributed by atoms with Gasteiger partial charge in [-0.1, -0.05) is 42.5 Å². The summed E-state index contributed by atoms with van der Waals surface area (Å²) in [6, 6.07) is 13.4. The standard InChI is InChI=1S/C18H19N5O2/c1-2-22(12-6-9-15-7-4-3-5-8-15)18(24)13-25-17-11-10-16-20-19-14-23(16)21-17/h3-11,14H,2,12-13H2,1H3. The number of nitrogens with zero attached hydrogens (tertiary/aromatic N) is 5. The van der Waals surface area contributed by atoms with Gasteiger partial charge in [0.05, 0.1) is 0 Å². The van der Waals surface area contributed by atoms with Crippen LogP contribution in [0.25, 0.3) is 11.7 Å². The maximum Gasteiger partial charge on any atom is 0.260 e. The van der Waals surface area contributed by atoms with E-state index in [1.165, 1.54) is 10.8 Å². The summed E-state index contributed by atoms with van der Waals surface area (Å²) >= 11 is 0. The molecule has 0 aliphatic rings. The lowest BCUT2D eigenvalue weighted by molar-refractivity contribution is -0.132. The van der Waals surface area contributed by atoms with Crippen molar-refractivity contribution >= 4 is 17.6 Å². The summed E-state index contributed by atoms with van der Waals surface area (Å²) in [6.45, 7) is 3.02. The van der Waals surface area contributed by atoms with E-state index in [9.17, 15) is 4.79 Å². The van der Waals surface area contributed by atoms with Gasteiger partial charge < -0.3 is 9.64 Å². The maximum atomic E-state index is 12.3. The quantitative estimate of drug-likeness (QED) is 0.660. The predicted molar refractivity (Wildman–Crippen MR) is 94.0 cm³/mol. The fraction of sp³-hybridized carbons (Fsp3) is 0.222. The molecule has 3 aromatic rings. The van der Waals surface area contributed by atoms with Crippen LogP contribution in [0, 0.1) is 0 Å². The Kier molecular flexibility index (Phi) is 5.36. The van der Waals surface area contributed by atoms with Gasteiger partial charge in [-0.15, -0.1) is 15.3 Å².